The molecule has 19 heavy (non-hydrogen) atoms. The van der Waals surface area contributed by atoms with E-state index in [4.69, 9.17) is 0 Å². The number of fused-ring (bicyclic) bond motifs is 1. The van der Waals surface area contributed by atoms with Crippen LogP contribution in [-0.4, -0.2) is 20.3 Å². The standard InChI is InChI=1S/C13H12F2N2O2/c14-9-4-8-11(5-10(9)15)16-7-17(12(8)18)6-13(19)2-1-3-13/h4-5,7,19H,1-3,6H2. The molecule has 0 bridgehead atoms. The molecule has 0 aliphatic heterocycles. The van der Waals surface area contributed by atoms with Gasteiger partial charge in [-0.2, -0.15) is 0 Å². The third-order valence-electron chi connectivity index (χ3n) is 3.62. The van der Waals surface area contributed by atoms with E-state index < -0.39 is 22.8 Å². The van der Waals surface area contributed by atoms with Gasteiger partial charge in [0.2, 0.25) is 0 Å². The number of hydrogen-bond donors (Lipinski definition) is 1. The van der Waals surface area contributed by atoms with Crippen LogP contribution >= 0.6 is 0 Å². The molecule has 2 aromatic rings. The molecule has 0 atom stereocenters. The van der Waals surface area contributed by atoms with Crippen molar-refractivity contribution in [2.24, 2.45) is 0 Å². The highest BCUT2D eigenvalue weighted by Gasteiger charge is 2.35. The molecule has 0 unspecified atom stereocenters. The van der Waals surface area contributed by atoms with Gasteiger partial charge in [-0.05, 0) is 25.3 Å². The van der Waals surface area contributed by atoms with E-state index in [9.17, 15) is 18.7 Å². The Morgan fingerprint density at radius 3 is 2.63 bits per heavy atom. The lowest BCUT2D eigenvalue weighted by atomic mass is 9.80. The molecule has 0 saturated heterocycles. The quantitative estimate of drug-likeness (QED) is 0.898. The fourth-order valence-electron chi connectivity index (χ4n) is 2.33. The van der Waals surface area contributed by atoms with Crippen LogP contribution in [0.15, 0.2) is 23.3 Å². The van der Waals surface area contributed by atoms with Gasteiger partial charge in [0, 0.05) is 6.07 Å². The highest BCUT2D eigenvalue weighted by Crippen LogP contribution is 2.32. The maximum atomic E-state index is 13.2. The highest BCUT2D eigenvalue weighted by atomic mass is 19.2. The summed E-state index contributed by atoms with van der Waals surface area (Å²) in [5, 5.41) is 10.1. The van der Waals surface area contributed by atoms with Crippen LogP contribution < -0.4 is 5.56 Å². The predicted molar refractivity (Wildman–Crippen MR) is 64.7 cm³/mol. The number of halogens is 2. The Bertz CT molecular complexity index is 708. The maximum Gasteiger partial charge on any atom is 0.261 e. The third kappa shape index (κ3) is 2.02. The summed E-state index contributed by atoms with van der Waals surface area (Å²) in [6, 6.07) is 1.75. The molecule has 1 aliphatic rings. The van der Waals surface area contributed by atoms with Crippen LogP contribution in [0.4, 0.5) is 8.78 Å². The van der Waals surface area contributed by atoms with Crippen molar-refractivity contribution in [3.8, 4) is 0 Å². The van der Waals surface area contributed by atoms with E-state index in [-0.39, 0.29) is 17.4 Å². The average molecular weight is 266 g/mol. The molecule has 1 saturated carbocycles. The van der Waals surface area contributed by atoms with Gasteiger partial charge in [-0.3, -0.25) is 9.36 Å². The molecule has 1 aromatic carbocycles. The average Bonchev–Trinajstić information content (AvgIpc) is 2.33. The van der Waals surface area contributed by atoms with Gasteiger partial charge in [0.25, 0.3) is 5.56 Å². The number of aliphatic hydroxyl groups is 1. The summed E-state index contributed by atoms with van der Waals surface area (Å²) in [5.74, 6) is -2.11. The smallest absolute Gasteiger partial charge is 0.261 e. The van der Waals surface area contributed by atoms with Crippen LogP contribution in [-0.2, 0) is 6.54 Å². The lowest BCUT2D eigenvalue weighted by Crippen LogP contribution is -2.43. The van der Waals surface area contributed by atoms with Crippen molar-refractivity contribution in [2.45, 2.75) is 31.4 Å². The summed E-state index contributed by atoms with van der Waals surface area (Å²) in [6.45, 7) is 0.133. The topological polar surface area (TPSA) is 55.1 Å². The van der Waals surface area contributed by atoms with Crippen LogP contribution in [0, 0.1) is 11.6 Å². The number of hydrogen-bond acceptors (Lipinski definition) is 3. The van der Waals surface area contributed by atoms with Crippen molar-refractivity contribution in [3.05, 3.63) is 40.4 Å². The van der Waals surface area contributed by atoms with E-state index >= 15 is 0 Å². The SMILES string of the molecule is O=c1c2cc(F)c(F)cc2ncn1CC1(O)CCC1. The molecule has 0 radical (unpaired) electrons. The minimum atomic E-state index is -1.08. The normalized spacial score (nSPS) is 17.4. The van der Waals surface area contributed by atoms with Gasteiger partial charge in [0.1, 0.15) is 0 Å². The Labute approximate surface area is 107 Å². The Kier molecular flexibility index (Phi) is 2.63. The zero-order chi connectivity index (χ0) is 13.6. The van der Waals surface area contributed by atoms with Gasteiger partial charge < -0.3 is 5.11 Å². The van der Waals surface area contributed by atoms with Gasteiger partial charge in [-0.1, -0.05) is 0 Å². The minimum Gasteiger partial charge on any atom is -0.388 e. The van der Waals surface area contributed by atoms with E-state index in [1.165, 1.54) is 10.9 Å². The van der Waals surface area contributed by atoms with Crippen molar-refractivity contribution in [1.29, 1.82) is 0 Å². The van der Waals surface area contributed by atoms with Gasteiger partial charge >= 0.3 is 0 Å². The third-order valence-corrected chi connectivity index (χ3v) is 3.62. The number of benzene rings is 1. The second kappa shape index (κ2) is 4.09. The summed E-state index contributed by atoms with van der Waals surface area (Å²) < 4.78 is 27.5. The Morgan fingerprint density at radius 1 is 1.32 bits per heavy atom. The molecular formula is C13H12F2N2O2. The number of aromatic nitrogens is 2. The van der Waals surface area contributed by atoms with E-state index in [0.717, 1.165) is 18.6 Å². The second-order valence-electron chi connectivity index (χ2n) is 5.04. The van der Waals surface area contributed by atoms with Gasteiger partial charge in [0.05, 0.1) is 29.4 Å². The first-order valence-corrected chi connectivity index (χ1v) is 6.05. The summed E-state index contributed by atoms with van der Waals surface area (Å²) in [7, 11) is 0. The second-order valence-corrected chi connectivity index (χ2v) is 5.04. The Balaban J connectivity index is 2.10. The number of rotatable bonds is 2. The molecular weight excluding hydrogens is 254 g/mol. The van der Waals surface area contributed by atoms with Crippen LogP contribution in [0.2, 0.25) is 0 Å². The molecule has 1 fully saturated rings. The van der Waals surface area contributed by atoms with Crippen molar-refractivity contribution < 1.29 is 13.9 Å². The first kappa shape index (κ1) is 12.2. The summed E-state index contributed by atoms with van der Waals surface area (Å²) in [4.78, 5) is 16.1. The van der Waals surface area contributed by atoms with Crippen molar-refractivity contribution >= 4 is 10.9 Å². The molecule has 6 heteroatoms. The fraction of sp³-hybridized carbons (Fsp3) is 0.385. The predicted octanol–water partition coefficient (Wildman–Crippen LogP) is 1.59. The van der Waals surface area contributed by atoms with E-state index in [2.05, 4.69) is 4.98 Å². The molecule has 1 aliphatic carbocycles. The van der Waals surface area contributed by atoms with E-state index in [0.29, 0.717) is 12.8 Å². The van der Waals surface area contributed by atoms with Gasteiger partial charge in [-0.25, -0.2) is 13.8 Å². The van der Waals surface area contributed by atoms with E-state index in [1.54, 1.807) is 0 Å². The van der Waals surface area contributed by atoms with Crippen LogP contribution in [0.3, 0.4) is 0 Å². The van der Waals surface area contributed by atoms with Crippen LogP contribution in [0.25, 0.3) is 10.9 Å². The number of nitrogens with zero attached hydrogens (tertiary/aromatic N) is 2. The zero-order valence-corrected chi connectivity index (χ0v) is 10.1. The summed E-state index contributed by atoms with van der Waals surface area (Å²) in [6.07, 6.45) is 3.45. The fourth-order valence-corrected chi connectivity index (χ4v) is 2.33. The Morgan fingerprint density at radius 2 is 2.00 bits per heavy atom. The van der Waals surface area contributed by atoms with Crippen molar-refractivity contribution in [2.75, 3.05) is 0 Å². The zero-order valence-electron chi connectivity index (χ0n) is 10.1. The monoisotopic (exact) mass is 266 g/mol. The van der Waals surface area contributed by atoms with Gasteiger partial charge in [0.15, 0.2) is 11.6 Å². The molecule has 100 valence electrons. The van der Waals surface area contributed by atoms with E-state index in [1.807, 2.05) is 0 Å². The largest absolute Gasteiger partial charge is 0.388 e. The summed E-state index contributed by atoms with van der Waals surface area (Å²) in [5.41, 5.74) is -1.23. The lowest BCUT2D eigenvalue weighted by Gasteiger charge is -2.36. The first-order valence-electron chi connectivity index (χ1n) is 6.05. The van der Waals surface area contributed by atoms with Crippen LogP contribution in [0.5, 0.6) is 0 Å². The summed E-state index contributed by atoms with van der Waals surface area (Å²) >= 11 is 0. The van der Waals surface area contributed by atoms with Crippen molar-refractivity contribution in [1.82, 2.24) is 9.55 Å². The Hall–Kier alpha value is -1.82. The molecule has 4 nitrogen and oxygen atoms in total. The minimum absolute atomic E-state index is 0.0179. The first-order chi connectivity index (χ1) is 8.98. The molecule has 1 N–H and O–H groups in total. The van der Waals surface area contributed by atoms with Gasteiger partial charge in [-0.15, -0.1) is 0 Å². The maximum absolute atomic E-state index is 13.2. The molecule has 1 heterocycles. The highest BCUT2D eigenvalue weighted by molar-refractivity contribution is 5.77. The molecule has 0 amide bonds. The lowest BCUT2D eigenvalue weighted by molar-refractivity contribution is -0.0481. The van der Waals surface area contributed by atoms with Crippen LogP contribution in [0.1, 0.15) is 19.3 Å². The molecule has 0 spiro atoms. The van der Waals surface area contributed by atoms with Crippen molar-refractivity contribution in [3.63, 3.8) is 0 Å². The molecule has 3 rings (SSSR count). The molecule has 1 aromatic heterocycles.